The molecular weight excluding hydrogens is 216 g/mol. The van der Waals surface area contributed by atoms with E-state index in [4.69, 9.17) is 4.74 Å². The number of nitrogens with zero attached hydrogens (tertiary/aromatic N) is 1. The summed E-state index contributed by atoms with van der Waals surface area (Å²) >= 11 is 0. The summed E-state index contributed by atoms with van der Waals surface area (Å²) in [5.74, 6) is -0.161. The van der Waals surface area contributed by atoms with Gasteiger partial charge in [-0.25, -0.2) is 9.78 Å². The fraction of sp³-hybridized carbons (Fsp3) is 0.231. The molecule has 1 N–H and O–H groups in total. The molecule has 1 aromatic heterocycles. The van der Waals surface area contributed by atoms with Gasteiger partial charge in [0.25, 0.3) is 0 Å². The third kappa shape index (κ3) is 2.93. The highest BCUT2D eigenvalue weighted by molar-refractivity contribution is 5.85. The summed E-state index contributed by atoms with van der Waals surface area (Å²) in [4.78, 5) is 18.5. The highest BCUT2D eigenvalue weighted by Crippen LogP contribution is 2.04. The van der Waals surface area contributed by atoms with Crippen molar-refractivity contribution in [1.82, 2.24) is 9.97 Å². The van der Waals surface area contributed by atoms with Crippen molar-refractivity contribution in [2.45, 2.75) is 20.0 Å². The molecule has 17 heavy (non-hydrogen) atoms. The van der Waals surface area contributed by atoms with Crippen molar-refractivity contribution in [2.24, 2.45) is 0 Å². The van der Waals surface area contributed by atoms with E-state index in [1.807, 2.05) is 37.3 Å². The van der Waals surface area contributed by atoms with Crippen molar-refractivity contribution in [2.75, 3.05) is 0 Å². The molecule has 0 spiro atoms. The number of benzene rings is 1. The maximum atomic E-state index is 11.6. The van der Waals surface area contributed by atoms with Gasteiger partial charge in [-0.15, -0.1) is 0 Å². The smallest absolute Gasteiger partial charge is 0.374 e. The molecule has 0 saturated carbocycles. The predicted octanol–water partition coefficient (Wildman–Crippen LogP) is 2.33. The van der Waals surface area contributed by atoms with E-state index in [9.17, 15) is 4.79 Å². The van der Waals surface area contributed by atoms with E-state index in [0.717, 1.165) is 17.7 Å². The van der Waals surface area contributed by atoms with Gasteiger partial charge in [0.1, 0.15) is 6.61 Å². The van der Waals surface area contributed by atoms with Crippen LogP contribution in [0.1, 0.15) is 28.8 Å². The van der Waals surface area contributed by atoms with Gasteiger partial charge in [-0.1, -0.05) is 37.3 Å². The van der Waals surface area contributed by atoms with Gasteiger partial charge in [0.2, 0.25) is 5.82 Å². The van der Waals surface area contributed by atoms with Crippen LogP contribution in [0.15, 0.2) is 36.5 Å². The molecule has 0 amide bonds. The van der Waals surface area contributed by atoms with Crippen molar-refractivity contribution in [3.63, 3.8) is 0 Å². The minimum absolute atomic E-state index is 0.262. The first-order valence-electron chi connectivity index (χ1n) is 5.54. The Kier molecular flexibility index (Phi) is 3.55. The van der Waals surface area contributed by atoms with Crippen molar-refractivity contribution in [3.8, 4) is 0 Å². The van der Waals surface area contributed by atoms with Crippen LogP contribution in [-0.4, -0.2) is 15.9 Å². The van der Waals surface area contributed by atoms with Crippen LogP contribution in [0.5, 0.6) is 0 Å². The van der Waals surface area contributed by atoms with Gasteiger partial charge >= 0.3 is 5.97 Å². The highest BCUT2D eigenvalue weighted by Gasteiger charge is 2.11. The summed E-state index contributed by atoms with van der Waals surface area (Å²) in [6.45, 7) is 2.26. The van der Waals surface area contributed by atoms with E-state index in [0.29, 0.717) is 0 Å². The molecule has 0 aliphatic carbocycles. The molecule has 2 rings (SSSR count). The number of esters is 1. The number of carbonyl (C=O) groups is 1. The van der Waals surface area contributed by atoms with Crippen LogP contribution in [0.2, 0.25) is 0 Å². The minimum Gasteiger partial charge on any atom is -0.455 e. The van der Waals surface area contributed by atoms with E-state index in [1.165, 1.54) is 0 Å². The molecule has 4 heteroatoms. The van der Waals surface area contributed by atoms with E-state index in [-0.39, 0.29) is 12.4 Å². The molecular formula is C13H14N2O2. The quantitative estimate of drug-likeness (QED) is 0.820. The number of hydrogen-bond acceptors (Lipinski definition) is 3. The van der Waals surface area contributed by atoms with E-state index >= 15 is 0 Å². The maximum Gasteiger partial charge on any atom is 0.374 e. The first-order chi connectivity index (χ1) is 8.29. The first kappa shape index (κ1) is 11.4. The molecule has 2 aromatic rings. The summed E-state index contributed by atoms with van der Waals surface area (Å²) in [7, 11) is 0. The molecule has 0 aliphatic rings. The van der Waals surface area contributed by atoms with E-state index in [1.54, 1.807) is 6.20 Å². The first-order valence-corrected chi connectivity index (χ1v) is 5.54. The number of ether oxygens (including phenoxy) is 1. The fourth-order valence-electron chi connectivity index (χ4n) is 1.43. The van der Waals surface area contributed by atoms with Gasteiger partial charge in [0, 0.05) is 11.9 Å². The Morgan fingerprint density at radius 3 is 2.76 bits per heavy atom. The molecule has 1 heterocycles. The summed E-state index contributed by atoms with van der Waals surface area (Å²) < 4.78 is 5.14. The summed E-state index contributed by atoms with van der Waals surface area (Å²) in [5, 5.41) is 0. The standard InChI is InChI=1S/C13H14N2O2/c1-2-11-8-14-12(15-11)13(16)17-9-10-6-4-3-5-7-10/h3-8H,2,9H2,1H3,(H,14,15). The van der Waals surface area contributed by atoms with E-state index in [2.05, 4.69) is 9.97 Å². The van der Waals surface area contributed by atoms with Crippen LogP contribution >= 0.6 is 0 Å². The van der Waals surface area contributed by atoms with Crippen LogP contribution in [-0.2, 0) is 17.8 Å². The summed E-state index contributed by atoms with van der Waals surface area (Å²) in [6, 6.07) is 9.56. The topological polar surface area (TPSA) is 55.0 Å². The van der Waals surface area contributed by atoms with Gasteiger partial charge in [-0.05, 0) is 12.0 Å². The fourth-order valence-corrected chi connectivity index (χ4v) is 1.43. The van der Waals surface area contributed by atoms with Crippen molar-refractivity contribution in [3.05, 3.63) is 53.6 Å². The van der Waals surface area contributed by atoms with Crippen molar-refractivity contribution in [1.29, 1.82) is 0 Å². The number of H-pyrrole nitrogens is 1. The maximum absolute atomic E-state index is 11.6. The number of nitrogens with one attached hydrogen (secondary N) is 1. The molecule has 0 radical (unpaired) electrons. The van der Waals surface area contributed by atoms with Gasteiger partial charge in [0.15, 0.2) is 0 Å². The molecule has 0 unspecified atom stereocenters. The Hall–Kier alpha value is -2.10. The largest absolute Gasteiger partial charge is 0.455 e. The lowest BCUT2D eigenvalue weighted by Crippen LogP contribution is -2.07. The molecule has 88 valence electrons. The lowest BCUT2D eigenvalue weighted by molar-refractivity contribution is 0.0459. The highest BCUT2D eigenvalue weighted by atomic mass is 16.5. The SMILES string of the molecule is CCc1cnc(C(=O)OCc2ccccc2)[nH]1. The predicted molar refractivity (Wildman–Crippen MR) is 63.5 cm³/mol. The molecule has 1 aromatic carbocycles. The molecule has 0 aliphatic heterocycles. The zero-order valence-electron chi connectivity index (χ0n) is 9.64. The lowest BCUT2D eigenvalue weighted by Gasteiger charge is -2.02. The second-order valence-corrected chi connectivity index (χ2v) is 3.67. The Balaban J connectivity index is 1.93. The van der Waals surface area contributed by atoms with Crippen LogP contribution in [0.25, 0.3) is 0 Å². The number of hydrogen-bond donors (Lipinski definition) is 1. The molecule has 4 nitrogen and oxygen atoms in total. The Morgan fingerprint density at radius 1 is 1.35 bits per heavy atom. The Bertz CT molecular complexity index is 491. The van der Waals surface area contributed by atoms with Gasteiger partial charge in [0.05, 0.1) is 0 Å². The Morgan fingerprint density at radius 2 is 2.12 bits per heavy atom. The minimum atomic E-state index is -0.423. The van der Waals surface area contributed by atoms with Crippen LogP contribution < -0.4 is 0 Å². The van der Waals surface area contributed by atoms with Gasteiger partial charge in [-0.2, -0.15) is 0 Å². The zero-order valence-corrected chi connectivity index (χ0v) is 9.64. The number of aromatic nitrogens is 2. The third-order valence-corrected chi connectivity index (χ3v) is 2.42. The monoisotopic (exact) mass is 230 g/mol. The van der Waals surface area contributed by atoms with Gasteiger partial charge in [-0.3, -0.25) is 0 Å². The average Bonchev–Trinajstić information content (AvgIpc) is 2.86. The van der Waals surface area contributed by atoms with Crippen LogP contribution in [0.4, 0.5) is 0 Å². The molecule has 0 bridgehead atoms. The third-order valence-electron chi connectivity index (χ3n) is 2.42. The summed E-state index contributed by atoms with van der Waals surface area (Å²) in [6.07, 6.45) is 2.47. The number of aromatic amines is 1. The van der Waals surface area contributed by atoms with Crippen molar-refractivity contribution >= 4 is 5.97 Å². The number of imidazole rings is 1. The molecule has 0 atom stereocenters. The second-order valence-electron chi connectivity index (χ2n) is 3.67. The average molecular weight is 230 g/mol. The normalized spacial score (nSPS) is 10.2. The zero-order chi connectivity index (χ0) is 12.1. The summed E-state index contributed by atoms with van der Waals surface area (Å²) in [5.41, 5.74) is 1.89. The van der Waals surface area contributed by atoms with Gasteiger partial charge < -0.3 is 9.72 Å². The second kappa shape index (κ2) is 5.30. The number of rotatable bonds is 4. The van der Waals surface area contributed by atoms with Crippen LogP contribution in [0.3, 0.4) is 0 Å². The number of carbonyl (C=O) groups excluding carboxylic acids is 1. The molecule has 0 saturated heterocycles. The van der Waals surface area contributed by atoms with Crippen LogP contribution in [0, 0.1) is 0 Å². The lowest BCUT2D eigenvalue weighted by atomic mass is 10.2. The number of aryl methyl sites for hydroxylation is 1. The Labute approximate surface area is 99.7 Å². The van der Waals surface area contributed by atoms with E-state index < -0.39 is 5.97 Å². The van der Waals surface area contributed by atoms with Crippen molar-refractivity contribution < 1.29 is 9.53 Å². The molecule has 0 fully saturated rings.